The largest absolute Gasteiger partial charge is 0.327 e. The summed E-state index contributed by atoms with van der Waals surface area (Å²) >= 11 is 0. The van der Waals surface area contributed by atoms with E-state index < -0.39 is 6.04 Å². The van der Waals surface area contributed by atoms with Crippen molar-refractivity contribution in [2.24, 2.45) is 0 Å². The molecule has 184 valence electrons. The molecule has 2 aromatic carbocycles. The Hall–Kier alpha value is -3.32. The molecule has 4 rings (SSSR count). The number of likely N-dealkylation sites (N-methyl/N-ethyl adjacent to an activating group) is 1. The van der Waals surface area contributed by atoms with Crippen molar-refractivity contribution in [3.05, 3.63) is 99.5 Å². The van der Waals surface area contributed by atoms with Crippen LogP contribution in [0.4, 0.5) is 4.39 Å². The van der Waals surface area contributed by atoms with E-state index in [1.165, 1.54) is 24.3 Å². The zero-order chi connectivity index (χ0) is 24.9. The van der Waals surface area contributed by atoms with Crippen LogP contribution < -0.4 is 5.56 Å². The summed E-state index contributed by atoms with van der Waals surface area (Å²) in [4.78, 5) is 35.9. The molecule has 1 unspecified atom stereocenters. The third kappa shape index (κ3) is 5.85. The maximum absolute atomic E-state index is 13.7. The van der Waals surface area contributed by atoms with Crippen molar-refractivity contribution in [2.45, 2.75) is 44.7 Å². The molecule has 3 aromatic rings. The van der Waals surface area contributed by atoms with Crippen LogP contribution in [0, 0.1) is 5.82 Å². The quantitative estimate of drug-likeness (QED) is 0.433. The highest BCUT2D eigenvalue weighted by Crippen LogP contribution is 2.38. The molecule has 1 aliphatic carbocycles. The molecule has 1 saturated carbocycles. The van der Waals surface area contributed by atoms with Gasteiger partial charge in [-0.25, -0.2) is 9.37 Å². The molecule has 7 heteroatoms. The lowest BCUT2D eigenvalue weighted by Gasteiger charge is -2.33. The standard InChI is InChI=1S/C28H33FN4O2/c1-4-25(32(17-16-31(2)3)27(34)22-12-14-23(29)15-13-22)26-30-18-24(21-10-11-21)28(35)33(26)19-20-8-6-5-7-9-20/h5-9,12-15,18,21,25H,4,10-11,16-17,19H2,1-3H3. The first-order chi connectivity index (χ1) is 16.9. The number of carbonyl (C=O) groups excluding carboxylic acids is 1. The fraction of sp³-hybridized carbons (Fsp3) is 0.393. The molecule has 0 spiro atoms. The minimum atomic E-state index is -0.405. The highest BCUT2D eigenvalue weighted by atomic mass is 19.1. The third-order valence-electron chi connectivity index (χ3n) is 6.51. The first-order valence-electron chi connectivity index (χ1n) is 12.2. The second-order valence-electron chi connectivity index (χ2n) is 9.46. The fourth-order valence-corrected chi connectivity index (χ4v) is 4.39. The molecule has 1 atom stereocenters. The summed E-state index contributed by atoms with van der Waals surface area (Å²) in [5.41, 5.74) is 2.14. The Labute approximate surface area is 206 Å². The van der Waals surface area contributed by atoms with E-state index >= 15 is 0 Å². The van der Waals surface area contributed by atoms with E-state index in [1.54, 1.807) is 15.7 Å². The summed E-state index contributed by atoms with van der Waals surface area (Å²) in [5, 5.41) is 0. The molecular weight excluding hydrogens is 443 g/mol. The van der Waals surface area contributed by atoms with Crippen molar-refractivity contribution in [3.63, 3.8) is 0 Å². The molecular formula is C28H33FN4O2. The van der Waals surface area contributed by atoms with Crippen molar-refractivity contribution in [1.29, 1.82) is 0 Å². The van der Waals surface area contributed by atoms with Gasteiger partial charge in [-0.3, -0.25) is 14.2 Å². The number of benzene rings is 2. The SMILES string of the molecule is CCC(c1ncc(C2CC2)c(=O)n1Cc1ccccc1)N(CCN(C)C)C(=O)c1ccc(F)cc1. The van der Waals surface area contributed by atoms with Gasteiger partial charge in [-0.2, -0.15) is 0 Å². The second kappa shape index (κ2) is 11.0. The zero-order valence-corrected chi connectivity index (χ0v) is 20.7. The molecule has 0 radical (unpaired) electrons. The van der Waals surface area contributed by atoms with E-state index in [0.29, 0.717) is 37.4 Å². The van der Waals surface area contributed by atoms with E-state index in [0.717, 1.165) is 24.0 Å². The van der Waals surface area contributed by atoms with Crippen LogP contribution in [0.25, 0.3) is 0 Å². The minimum Gasteiger partial charge on any atom is -0.327 e. The number of halogens is 1. The molecule has 1 fully saturated rings. The molecule has 1 aliphatic rings. The second-order valence-corrected chi connectivity index (χ2v) is 9.46. The lowest BCUT2D eigenvalue weighted by molar-refractivity contribution is 0.0641. The van der Waals surface area contributed by atoms with Crippen molar-refractivity contribution < 1.29 is 9.18 Å². The van der Waals surface area contributed by atoms with Gasteiger partial charge in [0.25, 0.3) is 11.5 Å². The Morgan fingerprint density at radius 2 is 1.77 bits per heavy atom. The van der Waals surface area contributed by atoms with Gasteiger partial charge in [0.2, 0.25) is 0 Å². The summed E-state index contributed by atoms with van der Waals surface area (Å²) < 4.78 is 15.3. The van der Waals surface area contributed by atoms with Crippen LogP contribution in [0.15, 0.2) is 65.6 Å². The van der Waals surface area contributed by atoms with Gasteiger partial charge in [0.05, 0.1) is 12.6 Å². The van der Waals surface area contributed by atoms with E-state index in [9.17, 15) is 14.0 Å². The van der Waals surface area contributed by atoms with Crippen molar-refractivity contribution in [3.8, 4) is 0 Å². The summed E-state index contributed by atoms with van der Waals surface area (Å²) in [5.74, 6) is 0.268. The van der Waals surface area contributed by atoms with E-state index in [1.807, 2.05) is 56.3 Å². The Balaban J connectivity index is 1.78. The minimum absolute atomic E-state index is 0.0263. The molecule has 1 heterocycles. The Bertz CT molecular complexity index is 1200. The monoisotopic (exact) mass is 476 g/mol. The third-order valence-corrected chi connectivity index (χ3v) is 6.51. The summed E-state index contributed by atoms with van der Waals surface area (Å²) in [6.07, 6.45) is 4.32. The molecule has 1 amide bonds. The highest BCUT2D eigenvalue weighted by molar-refractivity contribution is 5.94. The predicted molar refractivity (Wildman–Crippen MR) is 135 cm³/mol. The van der Waals surface area contributed by atoms with Crippen LogP contribution in [-0.4, -0.2) is 52.4 Å². The van der Waals surface area contributed by atoms with Gasteiger partial charge in [-0.05, 0) is 69.1 Å². The topological polar surface area (TPSA) is 58.4 Å². The molecule has 6 nitrogen and oxygen atoms in total. The van der Waals surface area contributed by atoms with E-state index in [-0.39, 0.29) is 23.2 Å². The predicted octanol–water partition coefficient (Wildman–Crippen LogP) is 4.46. The average molecular weight is 477 g/mol. The van der Waals surface area contributed by atoms with Gasteiger partial charge in [0, 0.05) is 30.4 Å². The van der Waals surface area contributed by atoms with Crippen LogP contribution in [0.2, 0.25) is 0 Å². The highest BCUT2D eigenvalue weighted by Gasteiger charge is 2.32. The number of aromatic nitrogens is 2. The maximum Gasteiger partial charge on any atom is 0.257 e. The molecule has 0 aliphatic heterocycles. The van der Waals surface area contributed by atoms with Gasteiger partial charge in [0.15, 0.2) is 0 Å². The van der Waals surface area contributed by atoms with Crippen LogP contribution in [-0.2, 0) is 6.54 Å². The Morgan fingerprint density at radius 3 is 2.37 bits per heavy atom. The summed E-state index contributed by atoms with van der Waals surface area (Å²) in [6, 6.07) is 15.1. The number of rotatable bonds is 10. The first-order valence-corrected chi connectivity index (χ1v) is 12.2. The normalized spacial score (nSPS) is 14.2. The molecule has 0 N–H and O–H groups in total. The fourth-order valence-electron chi connectivity index (χ4n) is 4.39. The van der Waals surface area contributed by atoms with Crippen LogP contribution in [0.1, 0.15) is 65.5 Å². The van der Waals surface area contributed by atoms with Crippen molar-refractivity contribution in [2.75, 3.05) is 27.2 Å². The zero-order valence-electron chi connectivity index (χ0n) is 20.7. The van der Waals surface area contributed by atoms with Crippen LogP contribution in [0.5, 0.6) is 0 Å². The Kier molecular flexibility index (Phi) is 7.76. The number of amides is 1. The van der Waals surface area contributed by atoms with Crippen LogP contribution >= 0.6 is 0 Å². The molecule has 1 aromatic heterocycles. The lowest BCUT2D eigenvalue weighted by Crippen LogP contribution is -2.42. The van der Waals surface area contributed by atoms with Gasteiger partial charge >= 0.3 is 0 Å². The van der Waals surface area contributed by atoms with E-state index in [2.05, 4.69) is 0 Å². The first kappa shape index (κ1) is 24.8. The summed E-state index contributed by atoms with van der Waals surface area (Å²) in [7, 11) is 3.91. The van der Waals surface area contributed by atoms with Crippen molar-refractivity contribution >= 4 is 5.91 Å². The van der Waals surface area contributed by atoms with Gasteiger partial charge in [-0.1, -0.05) is 37.3 Å². The van der Waals surface area contributed by atoms with Gasteiger partial charge in [0.1, 0.15) is 11.6 Å². The molecule has 0 bridgehead atoms. The lowest BCUT2D eigenvalue weighted by atomic mass is 10.1. The van der Waals surface area contributed by atoms with Crippen LogP contribution in [0.3, 0.4) is 0 Å². The number of carbonyl (C=O) groups is 1. The maximum atomic E-state index is 13.7. The smallest absolute Gasteiger partial charge is 0.257 e. The van der Waals surface area contributed by atoms with E-state index in [4.69, 9.17) is 4.98 Å². The number of hydrogen-bond donors (Lipinski definition) is 0. The molecule has 0 saturated heterocycles. The Morgan fingerprint density at radius 1 is 1.09 bits per heavy atom. The average Bonchev–Trinajstić information content (AvgIpc) is 3.69. The molecule has 35 heavy (non-hydrogen) atoms. The van der Waals surface area contributed by atoms with Gasteiger partial charge < -0.3 is 9.80 Å². The van der Waals surface area contributed by atoms with Gasteiger partial charge in [-0.15, -0.1) is 0 Å². The number of nitrogens with zero attached hydrogens (tertiary/aromatic N) is 4. The summed E-state index contributed by atoms with van der Waals surface area (Å²) in [6.45, 7) is 3.49. The van der Waals surface area contributed by atoms with Crippen molar-refractivity contribution in [1.82, 2.24) is 19.4 Å². The number of hydrogen-bond acceptors (Lipinski definition) is 4.